The van der Waals surface area contributed by atoms with E-state index in [4.69, 9.17) is 16.9 Å². The van der Waals surface area contributed by atoms with Crippen molar-refractivity contribution in [2.24, 2.45) is 0 Å². The normalized spacial score (nSPS) is 10.1. The Morgan fingerprint density at radius 1 is 1.55 bits per heavy atom. The predicted octanol–water partition coefficient (Wildman–Crippen LogP) is 2.75. The van der Waals surface area contributed by atoms with Crippen LogP contribution in [0.4, 0.5) is 5.69 Å². The Hall–Kier alpha value is -2.32. The summed E-state index contributed by atoms with van der Waals surface area (Å²) in [7, 11) is 0. The van der Waals surface area contributed by atoms with Crippen LogP contribution in [0, 0.1) is 18.3 Å². The van der Waals surface area contributed by atoms with Gasteiger partial charge >= 0.3 is 0 Å². The van der Waals surface area contributed by atoms with Crippen LogP contribution in [0.15, 0.2) is 30.5 Å². The number of aromatic nitrogens is 2. The molecule has 1 amide bonds. The molecule has 1 N–H and O–H groups in total. The number of carbonyl (C=O) groups is 1. The highest BCUT2D eigenvalue weighted by Crippen LogP contribution is 2.13. The third-order valence-corrected chi connectivity index (χ3v) is 3.10. The fourth-order valence-electron chi connectivity index (χ4n) is 1.71. The van der Waals surface area contributed by atoms with E-state index in [2.05, 4.69) is 10.4 Å². The summed E-state index contributed by atoms with van der Waals surface area (Å²) in [6.07, 6.45) is 1.98. The number of anilines is 1. The van der Waals surface area contributed by atoms with E-state index in [1.807, 2.05) is 13.0 Å². The highest BCUT2D eigenvalue weighted by atomic mass is 35.5. The van der Waals surface area contributed by atoms with Gasteiger partial charge in [0.25, 0.3) is 0 Å². The lowest BCUT2D eigenvalue weighted by molar-refractivity contribution is -0.116. The van der Waals surface area contributed by atoms with Crippen molar-refractivity contribution >= 4 is 23.2 Å². The first kappa shape index (κ1) is 14.1. The van der Waals surface area contributed by atoms with Crippen LogP contribution < -0.4 is 5.32 Å². The number of nitrogens with one attached hydrogen (secondary N) is 1. The van der Waals surface area contributed by atoms with Gasteiger partial charge in [-0.3, -0.25) is 9.48 Å². The predicted molar refractivity (Wildman–Crippen MR) is 76.4 cm³/mol. The van der Waals surface area contributed by atoms with E-state index < -0.39 is 0 Å². The third-order valence-electron chi connectivity index (χ3n) is 2.73. The van der Waals surface area contributed by atoms with Gasteiger partial charge in [-0.1, -0.05) is 17.7 Å². The Morgan fingerprint density at radius 2 is 2.35 bits per heavy atom. The van der Waals surface area contributed by atoms with Gasteiger partial charge in [0.2, 0.25) is 5.91 Å². The second-order valence-corrected chi connectivity index (χ2v) is 4.72. The standard InChI is InChI=1S/C14H13ClN4O/c1-10-13(15)9-19(18-10)6-5-14(20)17-12-4-2-3-11(7-12)8-16/h2-4,7,9H,5-6H2,1H3,(H,17,20). The zero-order valence-corrected chi connectivity index (χ0v) is 11.7. The maximum absolute atomic E-state index is 11.8. The number of hydrogen-bond donors (Lipinski definition) is 1. The molecule has 20 heavy (non-hydrogen) atoms. The Kier molecular flexibility index (Phi) is 4.38. The fourth-order valence-corrected chi connectivity index (χ4v) is 1.86. The van der Waals surface area contributed by atoms with Gasteiger partial charge in [0.15, 0.2) is 0 Å². The molecule has 0 saturated carbocycles. The summed E-state index contributed by atoms with van der Waals surface area (Å²) in [5, 5.41) is 16.3. The van der Waals surface area contributed by atoms with Crippen LogP contribution in [-0.2, 0) is 11.3 Å². The average Bonchev–Trinajstić information content (AvgIpc) is 2.76. The molecule has 2 aromatic rings. The number of amides is 1. The summed E-state index contributed by atoms with van der Waals surface area (Å²) >= 11 is 5.89. The first-order valence-corrected chi connectivity index (χ1v) is 6.46. The molecular formula is C14H13ClN4O. The molecule has 0 saturated heterocycles. The molecule has 2 rings (SSSR count). The van der Waals surface area contributed by atoms with Crippen molar-refractivity contribution in [2.45, 2.75) is 19.9 Å². The van der Waals surface area contributed by atoms with E-state index in [0.29, 0.717) is 22.8 Å². The summed E-state index contributed by atoms with van der Waals surface area (Å²) in [5.41, 5.74) is 1.87. The van der Waals surface area contributed by atoms with Crippen LogP contribution in [0.1, 0.15) is 17.7 Å². The molecule has 0 unspecified atom stereocenters. The number of halogens is 1. The zero-order valence-electron chi connectivity index (χ0n) is 10.9. The van der Waals surface area contributed by atoms with Crippen LogP contribution in [0.3, 0.4) is 0 Å². The molecule has 0 spiro atoms. The molecule has 0 bridgehead atoms. The first-order valence-electron chi connectivity index (χ1n) is 6.08. The molecular weight excluding hydrogens is 276 g/mol. The maximum atomic E-state index is 11.8. The molecule has 102 valence electrons. The number of aryl methyl sites for hydroxylation is 2. The quantitative estimate of drug-likeness (QED) is 0.940. The minimum absolute atomic E-state index is 0.135. The van der Waals surface area contributed by atoms with E-state index in [9.17, 15) is 4.79 Å². The lowest BCUT2D eigenvalue weighted by Gasteiger charge is -2.05. The van der Waals surface area contributed by atoms with Gasteiger partial charge in [0.05, 0.1) is 22.3 Å². The molecule has 0 aliphatic heterocycles. The fraction of sp³-hybridized carbons (Fsp3) is 0.214. The van der Waals surface area contributed by atoms with E-state index in [-0.39, 0.29) is 12.3 Å². The molecule has 6 heteroatoms. The van der Waals surface area contributed by atoms with Crippen LogP contribution in [0.5, 0.6) is 0 Å². The smallest absolute Gasteiger partial charge is 0.226 e. The number of rotatable bonds is 4. The van der Waals surface area contributed by atoms with Crippen molar-refractivity contribution in [2.75, 3.05) is 5.32 Å². The largest absolute Gasteiger partial charge is 0.326 e. The van der Waals surface area contributed by atoms with Gasteiger partial charge in [0, 0.05) is 24.8 Å². The number of carbonyl (C=O) groups excluding carboxylic acids is 1. The van der Waals surface area contributed by atoms with Gasteiger partial charge < -0.3 is 5.32 Å². The molecule has 0 aliphatic carbocycles. The second-order valence-electron chi connectivity index (χ2n) is 4.32. The summed E-state index contributed by atoms with van der Waals surface area (Å²) in [6, 6.07) is 8.81. The summed E-state index contributed by atoms with van der Waals surface area (Å²) in [5.74, 6) is -0.135. The van der Waals surface area contributed by atoms with Crippen molar-refractivity contribution < 1.29 is 4.79 Å². The van der Waals surface area contributed by atoms with Crippen molar-refractivity contribution in [3.63, 3.8) is 0 Å². The summed E-state index contributed by atoms with van der Waals surface area (Å²) < 4.78 is 1.64. The molecule has 1 aromatic carbocycles. The number of benzene rings is 1. The Balaban J connectivity index is 1.91. The molecule has 1 aromatic heterocycles. The zero-order chi connectivity index (χ0) is 14.5. The molecule has 5 nitrogen and oxygen atoms in total. The summed E-state index contributed by atoms with van der Waals surface area (Å²) in [4.78, 5) is 11.8. The van der Waals surface area contributed by atoms with Crippen LogP contribution in [-0.4, -0.2) is 15.7 Å². The van der Waals surface area contributed by atoms with Gasteiger partial charge in [-0.15, -0.1) is 0 Å². The number of hydrogen-bond acceptors (Lipinski definition) is 3. The van der Waals surface area contributed by atoms with E-state index in [1.54, 1.807) is 35.1 Å². The van der Waals surface area contributed by atoms with E-state index in [1.165, 1.54) is 0 Å². The Bertz CT molecular complexity index is 653. The topological polar surface area (TPSA) is 70.7 Å². The highest BCUT2D eigenvalue weighted by Gasteiger charge is 2.06. The molecule has 1 heterocycles. The molecule has 0 fully saturated rings. The summed E-state index contributed by atoms with van der Waals surface area (Å²) in [6.45, 7) is 2.27. The van der Waals surface area contributed by atoms with Gasteiger partial charge in [-0.2, -0.15) is 10.4 Å². The van der Waals surface area contributed by atoms with Crippen LogP contribution in [0.25, 0.3) is 0 Å². The molecule has 0 aliphatic rings. The van der Waals surface area contributed by atoms with Crippen molar-refractivity contribution in [3.05, 3.63) is 46.7 Å². The molecule has 0 radical (unpaired) electrons. The highest BCUT2D eigenvalue weighted by molar-refractivity contribution is 6.31. The Morgan fingerprint density at radius 3 is 3.00 bits per heavy atom. The van der Waals surface area contributed by atoms with Crippen molar-refractivity contribution in [1.29, 1.82) is 5.26 Å². The molecule has 0 atom stereocenters. The van der Waals surface area contributed by atoms with Gasteiger partial charge in [-0.05, 0) is 25.1 Å². The van der Waals surface area contributed by atoms with Crippen molar-refractivity contribution in [1.82, 2.24) is 9.78 Å². The maximum Gasteiger partial charge on any atom is 0.226 e. The number of nitriles is 1. The lowest BCUT2D eigenvalue weighted by atomic mass is 10.2. The van der Waals surface area contributed by atoms with Crippen LogP contribution >= 0.6 is 11.6 Å². The SMILES string of the molecule is Cc1nn(CCC(=O)Nc2cccc(C#N)c2)cc1Cl. The minimum Gasteiger partial charge on any atom is -0.326 e. The first-order chi connectivity index (χ1) is 9.58. The van der Waals surface area contributed by atoms with Gasteiger partial charge in [-0.25, -0.2) is 0 Å². The second kappa shape index (κ2) is 6.22. The van der Waals surface area contributed by atoms with Gasteiger partial charge in [0.1, 0.15) is 0 Å². The van der Waals surface area contributed by atoms with E-state index in [0.717, 1.165) is 5.69 Å². The lowest BCUT2D eigenvalue weighted by Crippen LogP contribution is -2.14. The third kappa shape index (κ3) is 3.59. The van der Waals surface area contributed by atoms with Crippen LogP contribution in [0.2, 0.25) is 5.02 Å². The van der Waals surface area contributed by atoms with Crippen molar-refractivity contribution in [3.8, 4) is 6.07 Å². The number of nitrogens with zero attached hydrogens (tertiary/aromatic N) is 3. The minimum atomic E-state index is -0.135. The average molecular weight is 289 g/mol. The monoisotopic (exact) mass is 288 g/mol. The van der Waals surface area contributed by atoms with E-state index >= 15 is 0 Å². The Labute approximate surface area is 121 Å².